The quantitative estimate of drug-likeness (QED) is 0.648. The Morgan fingerprint density at radius 3 is 2.17 bits per heavy atom. The zero-order chi connectivity index (χ0) is 9.83. The fourth-order valence-electron chi connectivity index (χ4n) is 1.43. The molecule has 0 amide bonds. The van der Waals surface area contributed by atoms with Crippen LogP contribution in [0.25, 0.3) is 0 Å². The lowest BCUT2D eigenvalue weighted by Gasteiger charge is -2.32. The molecular formula is C9H21NO2. The van der Waals surface area contributed by atoms with Crippen molar-refractivity contribution in [3.63, 3.8) is 0 Å². The van der Waals surface area contributed by atoms with Gasteiger partial charge in [0.05, 0.1) is 11.2 Å². The van der Waals surface area contributed by atoms with Crippen LogP contribution in [-0.2, 0) is 4.74 Å². The molecule has 0 heterocycles. The van der Waals surface area contributed by atoms with E-state index >= 15 is 0 Å². The van der Waals surface area contributed by atoms with Crippen molar-refractivity contribution >= 4 is 0 Å². The number of nitrogens with one attached hydrogen (secondary N) is 1. The average molecular weight is 175 g/mol. The Kier molecular flexibility index (Phi) is 4.17. The summed E-state index contributed by atoms with van der Waals surface area (Å²) in [7, 11) is 3.49. The first kappa shape index (κ1) is 11.9. The molecule has 0 bridgehead atoms. The van der Waals surface area contributed by atoms with Crippen molar-refractivity contribution in [2.24, 2.45) is 0 Å². The fraction of sp³-hybridized carbons (Fsp3) is 1.00. The van der Waals surface area contributed by atoms with E-state index in [0.717, 1.165) is 0 Å². The number of likely N-dealkylation sites (N-methyl/N-ethyl adjacent to an activating group) is 1. The fourth-order valence-corrected chi connectivity index (χ4v) is 1.43. The molecule has 0 saturated carbocycles. The predicted molar refractivity (Wildman–Crippen MR) is 50.3 cm³/mol. The van der Waals surface area contributed by atoms with E-state index in [1.807, 2.05) is 27.8 Å². The summed E-state index contributed by atoms with van der Waals surface area (Å²) >= 11 is 0. The van der Waals surface area contributed by atoms with Gasteiger partial charge in [0.2, 0.25) is 0 Å². The molecule has 12 heavy (non-hydrogen) atoms. The Bertz CT molecular complexity index is 132. The Balaban J connectivity index is 4.04. The third-order valence-electron chi connectivity index (χ3n) is 1.92. The number of hydrogen-bond acceptors (Lipinski definition) is 3. The lowest BCUT2D eigenvalue weighted by molar-refractivity contribution is -0.0569. The summed E-state index contributed by atoms with van der Waals surface area (Å²) in [5.41, 5.74) is -0.964. The molecule has 0 aliphatic carbocycles. The third-order valence-corrected chi connectivity index (χ3v) is 1.92. The van der Waals surface area contributed by atoms with Crippen LogP contribution in [0.1, 0.15) is 27.2 Å². The SMILES string of the molecule is CNCC(C)(O)CC(C)(C)OC. The molecule has 0 rings (SSSR count). The number of methoxy groups -OCH3 is 1. The highest BCUT2D eigenvalue weighted by Crippen LogP contribution is 2.22. The second kappa shape index (κ2) is 4.21. The van der Waals surface area contributed by atoms with Gasteiger partial charge in [-0.25, -0.2) is 0 Å². The zero-order valence-corrected chi connectivity index (χ0v) is 8.77. The maximum absolute atomic E-state index is 9.84. The minimum Gasteiger partial charge on any atom is -0.389 e. The lowest BCUT2D eigenvalue weighted by Crippen LogP contribution is -2.43. The number of hydrogen-bond donors (Lipinski definition) is 2. The number of ether oxygens (including phenoxy) is 1. The summed E-state index contributed by atoms with van der Waals surface area (Å²) in [5, 5.41) is 12.8. The highest BCUT2D eigenvalue weighted by molar-refractivity contribution is 4.83. The Labute approximate surface area is 75.1 Å². The first-order chi connectivity index (χ1) is 5.33. The Hall–Kier alpha value is -0.120. The minimum absolute atomic E-state index is 0.264. The molecule has 0 aromatic rings. The van der Waals surface area contributed by atoms with Crippen LogP contribution in [-0.4, -0.2) is 37.0 Å². The summed E-state index contributed by atoms with van der Waals surface area (Å²) in [5.74, 6) is 0. The van der Waals surface area contributed by atoms with Gasteiger partial charge >= 0.3 is 0 Å². The van der Waals surface area contributed by atoms with E-state index in [9.17, 15) is 5.11 Å². The number of aliphatic hydroxyl groups is 1. The Morgan fingerprint density at radius 2 is 1.83 bits per heavy atom. The molecule has 0 aromatic carbocycles. The molecular weight excluding hydrogens is 154 g/mol. The maximum atomic E-state index is 9.84. The Morgan fingerprint density at radius 1 is 1.33 bits per heavy atom. The molecule has 0 aromatic heterocycles. The van der Waals surface area contributed by atoms with Gasteiger partial charge in [-0.15, -0.1) is 0 Å². The molecule has 3 heteroatoms. The van der Waals surface area contributed by atoms with Crippen LogP contribution in [0.15, 0.2) is 0 Å². The largest absolute Gasteiger partial charge is 0.389 e. The monoisotopic (exact) mass is 175 g/mol. The van der Waals surface area contributed by atoms with Crippen LogP contribution in [0.2, 0.25) is 0 Å². The van der Waals surface area contributed by atoms with Crippen molar-refractivity contribution in [2.75, 3.05) is 20.7 Å². The van der Waals surface area contributed by atoms with Gasteiger partial charge in [-0.1, -0.05) is 0 Å². The highest BCUT2D eigenvalue weighted by Gasteiger charge is 2.29. The van der Waals surface area contributed by atoms with E-state index < -0.39 is 5.60 Å². The molecule has 0 aliphatic rings. The standard InChI is InChI=1S/C9H21NO2/c1-8(2,12-5)6-9(3,11)7-10-4/h10-11H,6-7H2,1-5H3. The van der Waals surface area contributed by atoms with Gasteiger partial charge < -0.3 is 15.2 Å². The van der Waals surface area contributed by atoms with Gasteiger partial charge in [0.15, 0.2) is 0 Å². The topological polar surface area (TPSA) is 41.5 Å². The van der Waals surface area contributed by atoms with Crippen LogP contribution < -0.4 is 5.32 Å². The number of rotatable bonds is 5. The summed E-state index contributed by atoms with van der Waals surface area (Å²) in [6.07, 6.45) is 0.622. The third kappa shape index (κ3) is 4.70. The molecule has 2 N–H and O–H groups in total. The smallest absolute Gasteiger partial charge is 0.0770 e. The lowest BCUT2D eigenvalue weighted by atomic mass is 9.91. The minimum atomic E-state index is -0.700. The van der Waals surface area contributed by atoms with Crippen molar-refractivity contribution in [1.29, 1.82) is 0 Å². The first-order valence-electron chi connectivity index (χ1n) is 4.25. The maximum Gasteiger partial charge on any atom is 0.0770 e. The predicted octanol–water partition coefficient (Wildman–Crippen LogP) is 0.772. The van der Waals surface area contributed by atoms with E-state index in [1.54, 1.807) is 7.11 Å². The zero-order valence-electron chi connectivity index (χ0n) is 8.77. The molecule has 1 atom stereocenters. The van der Waals surface area contributed by atoms with Gasteiger partial charge in [-0.3, -0.25) is 0 Å². The van der Waals surface area contributed by atoms with Gasteiger partial charge in [-0.05, 0) is 27.8 Å². The van der Waals surface area contributed by atoms with E-state index in [1.165, 1.54) is 0 Å². The second-order valence-electron chi connectivity index (χ2n) is 4.17. The molecule has 0 saturated heterocycles. The van der Waals surface area contributed by atoms with E-state index in [4.69, 9.17) is 4.74 Å². The average Bonchev–Trinajstić information content (AvgIpc) is 1.85. The van der Waals surface area contributed by atoms with E-state index in [2.05, 4.69) is 5.32 Å². The summed E-state index contributed by atoms with van der Waals surface area (Å²) < 4.78 is 5.23. The normalized spacial score (nSPS) is 17.5. The van der Waals surface area contributed by atoms with E-state index in [0.29, 0.717) is 13.0 Å². The van der Waals surface area contributed by atoms with Crippen molar-refractivity contribution in [3.05, 3.63) is 0 Å². The molecule has 1 unspecified atom stereocenters. The van der Waals surface area contributed by atoms with Crippen LogP contribution in [0.4, 0.5) is 0 Å². The summed E-state index contributed by atoms with van der Waals surface area (Å²) in [4.78, 5) is 0. The van der Waals surface area contributed by atoms with Crippen LogP contribution in [0.5, 0.6) is 0 Å². The van der Waals surface area contributed by atoms with Crippen LogP contribution in [0, 0.1) is 0 Å². The van der Waals surface area contributed by atoms with E-state index in [-0.39, 0.29) is 5.60 Å². The summed E-state index contributed by atoms with van der Waals surface area (Å²) in [6.45, 7) is 6.33. The molecule has 3 nitrogen and oxygen atoms in total. The molecule has 0 fully saturated rings. The first-order valence-corrected chi connectivity index (χ1v) is 4.25. The van der Waals surface area contributed by atoms with Gasteiger partial charge in [0, 0.05) is 20.1 Å². The summed E-state index contributed by atoms with van der Waals surface area (Å²) in [6, 6.07) is 0. The molecule has 74 valence electrons. The highest BCUT2D eigenvalue weighted by atomic mass is 16.5. The molecule has 0 aliphatic heterocycles. The van der Waals surface area contributed by atoms with Crippen LogP contribution >= 0.6 is 0 Å². The van der Waals surface area contributed by atoms with Gasteiger partial charge in [0.1, 0.15) is 0 Å². The van der Waals surface area contributed by atoms with Gasteiger partial charge in [-0.2, -0.15) is 0 Å². The van der Waals surface area contributed by atoms with Crippen molar-refractivity contribution < 1.29 is 9.84 Å². The molecule has 0 spiro atoms. The van der Waals surface area contributed by atoms with Crippen molar-refractivity contribution in [2.45, 2.75) is 38.4 Å². The van der Waals surface area contributed by atoms with Crippen molar-refractivity contribution in [1.82, 2.24) is 5.32 Å². The van der Waals surface area contributed by atoms with Crippen molar-refractivity contribution in [3.8, 4) is 0 Å². The van der Waals surface area contributed by atoms with Crippen LogP contribution in [0.3, 0.4) is 0 Å². The second-order valence-corrected chi connectivity index (χ2v) is 4.17. The molecule has 0 radical (unpaired) electrons. The van der Waals surface area contributed by atoms with Gasteiger partial charge in [0.25, 0.3) is 0 Å².